The quantitative estimate of drug-likeness (QED) is 0.555. The number of carbonyl (C=O) groups is 2. The lowest BCUT2D eigenvalue weighted by Gasteiger charge is -2.17. The number of aromatic nitrogens is 2. The normalized spacial score (nSPS) is 10.8. The van der Waals surface area contributed by atoms with Crippen LogP contribution < -0.4 is 21.8 Å². The summed E-state index contributed by atoms with van der Waals surface area (Å²) in [5.74, 6) is -3.41. The van der Waals surface area contributed by atoms with E-state index in [1.165, 1.54) is 12.1 Å². The van der Waals surface area contributed by atoms with E-state index in [9.17, 15) is 23.2 Å². The molecule has 2 amide bonds. The fourth-order valence-electron chi connectivity index (χ4n) is 3.13. The van der Waals surface area contributed by atoms with E-state index in [0.29, 0.717) is 11.6 Å². The molecule has 166 valence electrons. The van der Waals surface area contributed by atoms with Gasteiger partial charge >= 0.3 is 0 Å². The van der Waals surface area contributed by atoms with E-state index in [-0.39, 0.29) is 41.3 Å². The number of benzene rings is 2. The van der Waals surface area contributed by atoms with Gasteiger partial charge in [-0.3, -0.25) is 19.0 Å². The van der Waals surface area contributed by atoms with Gasteiger partial charge in [-0.1, -0.05) is 17.7 Å². The molecule has 0 fully saturated rings. The van der Waals surface area contributed by atoms with Crippen LogP contribution in [0.1, 0.15) is 27.0 Å². The standard InChI is InChI=1S/C21H17ClF2N4O4/c1-10-2-5-13(19(26)30)14(7-16(25)29)18(10)28-9-27-20(17(22)21(28)31)32-8-11-3-4-12(23)6-15(11)24/h2-6,9H,7-8H2,1H3,(H2,25,29)(H2,26,30). The highest BCUT2D eigenvalue weighted by molar-refractivity contribution is 6.31. The number of amides is 2. The topological polar surface area (TPSA) is 130 Å². The molecule has 1 aromatic heterocycles. The highest BCUT2D eigenvalue weighted by atomic mass is 35.5. The van der Waals surface area contributed by atoms with Crippen molar-refractivity contribution < 1.29 is 23.1 Å². The van der Waals surface area contributed by atoms with Gasteiger partial charge in [-0.05, 0) is 36.2 Å². The molecule has 0 bridgehead atoms. The Morgan fingerprint density at radius 2 is 1.91 bits per heavy atom. The van der Waals surface area contributed by atoms with Crippen molar-refractivity contribution in [1.82, 2.24) is 9.55 Å². The van der Waals surface area contributed by atoms with Crippen LogP contribution in [0.5, 0.6) is 5.88 Å². The molecule has 4 N–H and O–H groups in total. The van der Waals surface area contributed by atoms with Crippen LogP contribution in [0, 0.1) is 18.6 Å². The van der Waals surface area contributed by atoms with Crippen molar-refractivity contribution >= 4 is 23.4 Å². The van der Waals surface area contributed by atoms with Crippen molar-refractivity contribution in [3.63, 3.8) is 0 Å². The molecule has 3 aromatic rings. The molecule has 0 aliphatic heterocycles. The van der Waals surface area contributed by atoms with Gasteiger partial charge in [0.1, 0.15) is 24.6 Å². The second-order valence-corrected chi connectivity index (χ2v) is 7.21. The van der Waals surface area contributed by atoms with Crippen molar-refractivity contribution in [1.29, 1.82) is 0 Å². The summed E-state index contributed by atoms with van der Waals surface area (Å²) in [7, 11) is 0. The van der Waals surface area contributed by atoms with Gasteiger partial charge < -0.3 is 16.2 Å². The van der Waals surface area contributed by atoms with Crippen molar-refractivity contribution in [3.8, 4) is 11.6 Å². The summed E-state index contributed by atoms with van der Waals surface area (Å²) in [6.45, 7) is 1.29. The number of halogens is 3. The maximum Gasteiger partial charge on any atom is 0.280 e. The minimum absolute atomic E-state index is 0.0135. The van der Waals surface area contributed by atoms with Crippen LogP contribution in [-0.2, 0) is 17.8 Å². The van der Waals surface area contributed by atoms with Crippen molar-refractivity contribution in [3.05, 3.63) is 85.9 Å². The fourth-order valence-corrected chi connectivity index (χ4v) is 3.33. The maximum atomic E-state index is 13.8. The van der Waals surface area contributed by atoms with Gasteiger partial charge in [0.2, 0.25) is 17.7 Å². The van der Waals surface area contributed by atoms with Gasteiger partial charge in [0.25, 0.3) is 5.56 Å². The average Bonchev–Trinajstić information content (AvgIpc) is 2.70. The Bertz CT molecular complexity index is 1290. The summed E-state index contributed by atoms with van der Waals surface area (Å²) in [6, 6.07) is 5.91. The van der Waals surface area contributed by atoms with Gasteiger partial charge in [0.05, 0.1) is 12.1 Å². The van der Waals surface area contributed by atoms with Crippen molar-refractivity contribution in [2.45, 2.75) is 20.0 Å². The minimum atomic E-state index is -0.829. The Morgan fingerprint density at radius 3 is 2.53 bits per heavy atom. The third kappa shape index (κ3) is 4.59. The first-order chi connectivity index (χ1) is 15.1. The number of carbonyl (C=O) groups excluding carboxylic acids is 2. The highest BCUT2D eigenvalue weighted by Crippen LogP contribution is 2.25. The molecule has 11 heteroatoms. The summed E-state index contributed by atoms with van der Waals surface area (Å²) in [4.78, 5) is 40.4. The molecular weight excluding hydrogens is 446 g/mol. The second kappa shape index (κ2) is 9.15. The van der Waals surface area contributed by atoms with E-state index in [4.69, 9.17) is 27.8 Å². The lowest BCUT2D eigenvalue weighted by Crippen LogP contribution is -2.26. The van der Waals surface area contributed by atoms with E-state index >= 15 is 0 Å². The van der Waals surface area contributed by atoms with Crippen molar-refractivity contribution in [2.75, 3.05) is 0 Å². The van der Waals surface area contributed by atoms with E-state index < -0.39 is 34.0 Å². The number of nitrogens with two attached hydrogens (primary N) is 2. The fraction of sp³-hybridized carbons (Fsp3) is 0.143. The van der Waals surface area contributed by atoms with E-state index in [2.05, 4.69) is 4.98 Å². The molecule has 0 aliphatic carbocycles. The lowest BCUT2D eigenvalue weighted by atomic mass is 9.97. The first-order valence-corrected chi connectivity index (χ1v) is 9.52. The molecule has 0 unspecified atom stereocenters. The van der Waals surface area contributed by atoms with Gasteiger partial charge in [-0.2, -0.15) is 0 Å². The Labute approximate surface area is 185 Å². The molecule has 0 saturated carbocycles. The van der Waals surface area contributed by atoms with Crippen LogP contribution in [0.2, 0.25) is 5.02 Å². The predicted molar refractivity (Wildman–Crippen MR) is 112 cm³/mol. The maximum absolute atomic E-state index is 13.8. The van der Waals surface area contributed by atoms with E-state index in [1.807, 2.05) is 0 Å². The molecule has 2 aromatic carbocycles. The van der Waals surface area contributed by atoms with Gasteiger partial charge in [-0.15, -0.1) is 0 Å². The van der Waals surface area contributed by atoms with Crippen LogP contribution in [0.15, 0.2) is 41.5 Å². The van der Waals surface area contributed by atoms with Gasteiger partial charge in [0, 0.05) is 17.2 Å². The van der Waals surface area contributed by atoms with Crippen LogP contribution in [0.4, 0.5) is 8.78 Å². The first-order valence-electron chi connectivity index (χ1n) is 9.15. The molecule has 0 spiro atoms. The molecule has 3 rings (SSSR count). The third-order valence-electron chi connectivity index (χ3n) is 4.61. The van der Waals surface area contributed by atoms with Gasteiger partial charge in [0.15, 0.2) is 5.02 Å². The molecule has 0 aliphatic rings. The number of ether oxygens (including phenoxy) is 1. The predicted octanol–water partition coefficient (Wildman–Crippen LogP) is 2.18. The third-order valence-corrected chi connectivity index (χ3v) is 4.93. The highest BCUT2D eigenvalue weighted by Gasteiger charge is 2.21. The van der Waals surface area contributed by atoms with E-state index in [1.54, 1.807) is 13.0 Å². The lowest BCUT2D eigenvalue weighted by molar-refractivity contribution is -0.117. The summed E-state index contributed by atoms with van der Waals surface area (Å²) in [5, 5.41) is -0.427. The zero-order chi connectivity index (χ0) is 23.6. The van der Waals surface area contributed by atoms with Crippen LogP contribution in [0.3, 0.4) is 0 Å². The number of hydrogen-bond acceptors (Lipinski definition) is 5. The zero-order valence-corrected chi connectivity index (χ0v) is 17.5. The molecule has 32 heavy (non-hydrogen) atoms. The van der Waals surface area contributed by atoms with Crippen LogP contribution in [-0.4, -0.2) is 21.4 Å². The van der Waals surface area contributed by atoms with E-state index in [0.717, 1.165) is 17.0 Å². The van der Waals surface area contributed by atoms with Crippen molar-refractivity contribution in [2.24, 2.45) is 11.5 Å². The number of rotatable bonds is 7. The molecule has 0 atom stereocenters. The monoisotopic (exact) mass is 462 g/mol. The average molecular weight is 463 g/mol. The summed E-state index contributed by atoms with van der Waals surface area (Å²) in [5.41, 5.74) is 10.8. The van der Waals surface area contributed by atoms with Crippen LogP contribution >= 0.6 is 11.6 Å². The number of hydrogen-bond donors (Lipinski definition) is 2. The Morgan fingerprint density at radius 1 is 1.19 bits per heavy atom. The molecule has 0 radical (unpaired) electrons. The summed E-state index contributed by atoms with van der Waals surface area (Å²) in [6.07, 6.45) is 0.726. The van der Waals surface area contributed by atoms with Gasteiger partial charge in [-0.25, -0.2) is 13.8 Å². The number of primary amides is 2. The molecule has 0 saturated heterocycles. The van der Waals surface area contributed by atoms with Crippen LogP contribution in [0.25, 0.3) is 5.69 Å². The smallest absolute Gasteiger partial charge is 0.280 e. The Kier molecular flexibility index (Phi) is 6.54. The number of aryl methyl sites for hydroxylation is 1. The second-order valence-electron chi connectivity index (χ2n) is 6.83. The molecular formula is C21H17ClF2N4O4. The Balaban J connectivity index is 2.05. The minimum Gasteiger partial charge on any atom is -0.471 e. The largest absolute Gasteiger partial charge is 0.471 e. The summed E-state index contributed by atoms with van der Waals surface area (Å²) < 4.78 is 33.2. The molecule has 8 nitrogen and oxygen atoms in total. The SMILES string of the molecule is Cc1ccc(C(N)=O)c(CC(N)=O)c1-n1cnc(OCc2ccc(F)cc2F)c(Cl)c1=O. The first kappa shape index (κ1) is 22.9. The molecule has 1 heterocycles. The summed E-state index contributed by atoms with van der Waals surface area (Å²) >= 11 is 6.13. The number of nitrogens with zero attached hydrogens (tertiary/aromatic N) is 2. The zero-order valence-electron chi connectivity index (χ0n) is 16.7. The Hall–Kier alpha value is -3.79.